The third kappa shape index (κ3) is 6.14. The molecule has 172 valence electrons. The van der Waals surface area contributed by atoms with Crippen molar-refractivity contribution in [2.24, 2.45) is 0 Å². The van der Waals surface area contributed by atoms with Crippen LogP contribution in [0.1, 0.15) is 37.4 Å². The molecule has 0 atom stereocenters. The molecule has 0 spiro atoms. The lowest BCUT2D eigenvalue weighted by molar-refractivity contribution is 0.0955. The maximum Gasteiger partial charge on any atom is 0.255 e. The predicted octanol–water partition coefficient (Wildman–Crippen LogP) is 5.31. The number of hydrogen-bond donors (Lipinski definition) is 2. The Hall–Kier alpha value is -3.32. The summed E-state index contributed by atoms with van der Waals surface area (Å²) in [4.78, 5) is 25.8. The van der Waals surface area contributed by atoms with Gasteiger partial charge in [-0.25, -0.2) is 0 Å². The molecule has 0 radical (unpaired) electrons. The van der Waals surface area contributed by atoms with Gasteiger partial charge in [0.2, 0.25) is 0 Å². The Morgan fingerprint density at radius 3 is 2.30 bits per heavy atom. The van der Waals surface area contributed by atoms with Gasteiger partial charge in [-0.1, -0.05) is 34.1 Å². The topological polar surface area (TPSA) is 76.7 Å². The van der Waals surface area contributed by atoms with E-state index in [0.29, 0.717) is 41.3 Å². The van der Waals surface area contributed by atoms with Crippen molar-refractivity contribution in [3.63, 3.8) is 0 Å². The molecule has 0 saturated carbocycles. The van der Waals surface area contributed by atoms with Crippen LogP contribution in [0.15, 0.2) is 59.1 Å². The highest BCUT2D eigenvalue weighted by Gasteiger charge is 2.16. The maximum absolute atomic E-state index is 12.9. The fourth-order valence-corrected chi connectivity index (χ4v) is 3.72. The lowest BCUT2D eigenvalue weighted by Crippen LogP contribution is -2.27. The summed E-state index contributed by atoms with van der Waals surface area (Å²) in [7, 11) is 3.04. The molecule has 7 heteroatoms. The number of aryl methyl sites for hydroxylation is 2. The maximum atomic E-state index is 12.9. The lowest BCUT2D eigenvalue weighted by atomic mass is 10.0. The smallest absolute Gasteiger partial charge is 0.255 e. The highest BCUT2D eigenvalue weighted by Crippen LogP contribution is 2.28. The largest absolute Gasteiger partial charge is 0.493 e. The van der Waals surface area contributed by atoms with Crippen molar-refractivity contribution in [3.05, 3.63) is 86.9 Å². The first-order valence-corrected chi connectivity index (χ1v) is 11.3. The zero-order valence-electron chi connectivity index (χ0n) is 19.1. The molecule has 3 rings (SSSR count). The monoisotopic (exact) mass is 510 g/mol. The second-order valence-corrected chi connectivity index (χ2v) is 8.55. The molecule has 3 aromatic rings. The molecule has 0 bridgehead atoms. The minimum absolute atomic E-state index is 0.261. The summed E-state index contributed by atoms with van der Waals surface area (Å²) in [6.07, 6.45) is 0.716. The SMILES string of the molecule is COc1ccc(C(=O)Nc2ccc(Br)cc2C(=O)NCCc2ccc(C)c(C)c2)cc1OC. The van der Waals surface area contributed by atoms with E-state index in [9.17, 15) is 9.59 Å². The van der Waals surface area contributed by atoms with Crippen LogP contribution in [0.3, 0.4) is 0 Å². The van der Waals surface area contributed by atoms with E-state index >= 15 is 0 Å². The first kappa shape index (κ1) is 24.3. The Morgan fingerprint density at radius 2 is 1.61 bits per heavy atom. The van der Waals surface area contributed by atoms with E-state index in [1.54, 1.807) is 36.4 Å². The summed E-state index contributed by atoms with van der Waals surface area (Å²) >= 11 is 3.41. The van der Waals surface area contributed by atoms with Crippen LogP contribution >= 0.6 is 15.9 Å². The summed E-state index contributed by atoms with van der Waals surface area (Å²) in [5, 5.41) is 5.78. The van der Waals surface area contributed by atoms with Gasteiger partial charge in [0.25, 0.3) is 11.8 Å². The number of ether oxygens (including phenoxy) is 2. The number of methoxy groups -OCH3 is 2. The van der Waals surface area contributed by atoms with E-state index in [-0.39, 0.29) is 11.8 Å². The van der Waals surface area contributed by atoms with Gasteiger partial charge in [-0.3, -0.25) is 9.59 Å². The normalized spacial score (nSPS) is 10.5. The number of carbonyl (C=O) groups excluding carboxylic acids is 2. The summed E-state index contributed by atoms with van der Waals surface area (Å²) in [6.45, 7) is 4.63. The van der Waals surface area contributed by atoms with Crippen molar-refractivity contribution in [1.82, 2.24) is 5.32 Å². The van der Waals surface area contributed by atoms with Crippen LogP contribution in [0.4, 0.5) is 5.69 Å². The van der Waals surface area contributed by atoms with Crippen LogP contribution in [0, 0.1) is 13.8 Å². The van der Waals surface area contributed by atoms with Crippen LogP contribution in [0.25, 0.3) is 0 Å². The Balaban J connectivity index is 1.72. The highest BCUT2D eigenvalue weighted by atomic mass is 79.9. The Bertz CT molecular complexity index is 1180. The molecule has 2 N–H and O–H groups in total. The number of rotatable bonds is 8. The van der Waals surface area contributed by atoms with Crippen molar-refractivity contribution in [2.75, 3.05) is 26.1 Å². The fourth-order valence-electron chi connectivity index (χ4n) is 3.36. The average molecular weight is 511 g/mol. The first-order valence-electron chi connectivity index (χ1n) is 10.5. The minimum Gasteiger partial charge on any atom is -0.493 e. The van der Waals surface area contributed by atoms with Gasteiger partial charge in [0.15, 0.2) is 11.5 Å². The van der Waals surface area contributed by atoms with Gasteiger partial charge in [-0.2, -0.15) is 0 Å². The first-order chi connectivity index (χ1) is 15.8. The molecule has 0 aliphatic carbocycles. The highest BCUT2D eigenvalue weighted by molar-refractivity contribution is 9.10. The van der Waals surface area contributed by atoms with Gasteiger partial charge >= 0.3 is 0 Å². The second kappa shape index (κ2) is 11.0. The lowest BCUT2D eigenvalue weighted by Gasteiger charge is -2.14. The summed E-state index contributed by atoms with van der Waals surface area (Å²) in [5.74, 6) is 0.358. The van der Waals surface area contributed by atoms with Crippen molar-refractivity contribution >= 4 is 33.4 Å². The molecular formula is C26H27BrN2O4. The third-order valence-electron chi connectivity index (χ3n) is 5.39. The molecule has 3 aromatic carbocycles. The van der Waals surface area contributed by atoms with Crippen LogP contribution in [-0.4, -0.2) is 32.6 Å². The van der Waals surface area contributed by atoms with Gasteiger partial charge in [-0.15, -0.1) is 0 Å². The molecule has 0 fully saturated rings. The van der Waals surface area contributed by atoms with Gasteiger partial charge in [0.1, 0.15) is 0 Å². The van der Waals surface area contributed by atoms with E-state index in [0.717, 1.165) is 10.0 Å². The van der Waals surface area contributed by atoms with Gasteiger partial charge in [0.05, 0.1) is 25.5 Å². The average Bonchev–Trinajstić information content (AvgIpc) is 2.81. The van der Waals surface area contributed by atoms with Crippen LogP contribution < -0.4 is 20.1 Å². The number of hydrogen-bond acceptors (Lipinski definition) is 4. The number of halogens is 1. The molecule has 0 aliphatic rings. The van der Waals surface area contributed by atoms with E-state index in [2.05, 4.69) is 58.6 Å². The Labute approximate surface area is 202 Å². The number of nitrogens with one attached hydrogen (secondary N) is 2. The fraction of sp³-hybridized carbons (Fsp3) is 0.231. The van der Waals surface area contributed by atoms with E-state index in [4.69, 9.17) is 9.47 Å². The van der Waals surface area contributed by atoms with Crippen LogP contribution in [0.5, 0.6) is 11.5 Å². The molecule has 33 heavy (non-hydrogen) atoms. The predicted molar refractivity (Wildman–Crippen MR) is 134 cm³/mol. The summed E-state index contributed by atoms with van der Waals surface area (Å²) in [5.41, 5.74) is 4.81. The zero-order valence-corrected chi connectivity index (χ0v) is 20.7. The Morgan fingerprint density at radius 1 is 0.848 bits per heavy atom. The third-order valence-corrected chi connectivity index (χ3v) is 5.88. The number of amides is 2. The van der Waals surface area contributed by atoms with E-state index in [1.165, 1.54) is 25.3 Å². The number of carbonyl (C=O) groups is 2. The molecule has 0 aliphatic heterocycles. The minimum atomic E-state index is -0.359. The molecule has 0 unspecified atom stereocenters. The summed E-state index contributed by atoms with van der Waals surface area (Å²) in [6, 6.07) is 16.3. The number of benzene rings is 3. The summed E-state index contributed by atoms with van der Waals surface area (Å²) < 4.78 is 11.2. The van der Waals surface area contributed by atoms with E-state index in [1.807, 2.05) is 0 Å². The second-order valence-electron chi connectivity index (χ2n) is 7.64. The van der Waals surface area contributed by atoms with Crippen molar-refractivity contribution < 1.29 is 19.1 Å². The quantitative estimate of drug-likeness (QED) is 0.430. The van der Waals surface area contributed by atoms with Gasteiger partial charge in [0, 0.05) is 16.6 Å². The number of anilines is 1. The van der Waals surface area contributed by atoms with Gasteiger partial charge in [-0.05, 0) is 73.4 Å². The van der Waals surface area contributed by atoms with Gasteiger partial charge < -0.3 is 20.1 Å². The van der Waals surface area contributed by atoms with Crippen molar-refractivity contribution in [2.45, 2.75) is 20.3 Å². The van der Waals surface area contributed by atoms with Crippen LogP contribution in [0.2, 0.25) is 0 Å². The van der Waals surface area contributed by atoms with Crippen molar-refractivity contribution in [3.8, 4) is 11.5 Å². The molecule has 0 aromatic heterocycles. The molecule has 6 nitrogen and oxygen atoms in total. The van der Waals surface area contributed by atoms with Crippen molar-refractivity contribution in [1.29, 1.82) is 0 Å². The molecular weight excluding hydrogens is 484 g/mol. The molecule has 0 heterocycles. The molecule has 2 amide bonds. The molecule has 0 saturated heterocycles. The standard InChI is InChI=1S/C26H27BrN2O4/c1-16-5-6-18(13-17(16)2)11-12-28-26(31)21-15-20(27)8-9-22(21)29-25(30)19-7-10-23(32-3)24(14-19)33-4/h5-10,13-15H,11-12H2,1-4H3,(H,28,31)(H,29,30). The van der Waals surface area contributed by atoms with E-state index < -0.39 is 0 Å². The Kier molecular flexibility index (Phi) is 8.11. The van der Waals surface area contributed by atoms with Crippen LogP contribution in [-0.2, 0) is 6.42 Å². The zero-order chi connectivity index (χ0) is 24.0.